The van der Waals surface area contributed by atoms with E-state index >= 15 is 0 Å². The smallest absolute Gasteiger partial charge is 0.227 e. The van der Waals surface area contributed by atoms with Crippen LogP contribution in [0, 0.1) is 5.92 Å². The Morgan fingerprint density at radius 1 is 1.09 bits per heavy atom. The number of para-hydroxylation sites is 2. The van der Waals surface area contributed by atoms with Gasteiger partial charge in [-0.2, -0.15) is 0 Å². The Labute approximate surface area is 130 Å². The number of anilines is 1. The van der Waals surface area contributed by atoms with Crippen LogP contribution in [-0.2, 0) is 11.4 Å². The number of rotatable bonds is 5. The van der Waals surface area contributed by atoms with Gasteiger partial charge in [-0.15, -0.1) is 0 Å². The number of carbonyl (C=O) groups is 1. The predicted molar refractivity (Wildman–Crippen MR) is 86.7 cm³/mol. The van der Waals surface area contributed by atoms with E-state index in [0.717, 1.165) is 17.0 Å². The molecule has 4 nitrogen and oxygen atoms in total. The second-order valence-electron chi connectivity index (χ2n) is 5.54. The number of hydrogen-bond donors (Lipinski definition) is 1. The molecule has 22 heavy (non-hydrogen) atoms. The molecule has 1 fully saturated rings. The van der Waals surface area contributed by atoms with Gasteiger partial charge in [0.2, 0.25) is 5.91 Å². The molecule has 1 heterocycles. The van der Waals surface area contributed by atoms with Gasteiger partial charge in [0.15, 0.2) is 0 Å². The summed E-state index contributed by atoms with van der Waals surface area (Å²) < 4.78 is 5.82. The molecule has 2 N–H and O–H groups in total. The molecule has 1 aliphatic rings. The Kier molecular flexibility index (Phi) is 4.39. The largest absolute Gasteiger partial charge is 0.489 e. The first-order chi connectivity index (χ1) is 10.8. The second-order valence-corrected chi connectivity index (χ2v) is 5.54. The van der Waals surface area contributed by atoms with Crippen molar-refractivity contribution in [1.82, 2.24) is 0 Å². The van der Waals surface area contributed by atoms with Gasteiger partial charge < -0.3 is 15.4 Å². The van der Waals surface area contributed by atoms with Gasteiger partial charge in [-0.3, -0.25) is 4.79 Å². The van der Waals surface area contributed by atoms with E-state index in [4.69, 9.17) is 10.5 Å². The van der Waals surface area contributed by atoms with Gasteiger partial charge >= 0.3 is 0 Å². The van der Waals surface area contributed by atoms with E-state index in [-0.39, 0.29) is 11.8 Å². The van der Waals surface area contributed by atoms with Crippen LogP contribution >= 0.6 is 0 Å². The van der Waals surface area contributed by atoms with Crippen LogP contribution < -0.4 is 15.4 Å². The molecular formula is C18H20N2O2. The average molecular weight is 296 g/mol. The lowest BCUT2D eigenvalue weighted by atomic mass is 10.1. The predicted octanol–water partition coefficient (Wildman–Crippen LogP) is 2.58. The molecule has 0 saturated carbocycles. The van der Waals surface area contributed by atoms with Crippen molar-refractivity contribution >= 4 is 11.6 Å². The Morgan fingerprint density at radius 3 is 2.55 bits per heavy atom. The summed E-state index contributed by atoms with van der Waals surface area (Å²) in [5, 5.41) is 0. The Hall–Kier alpha value is -2.33. The van der Waals surface area contributed by atoms with E-state index < -0.39 is 0 Å². The minimum absolute atomic E-state index is 0.141. The number of amides is 1. The highest BCUT2D eigenvalue weighted by Gasteiger charge is 2.30. The highest BCUT2D eigenvalue weighted by molar-refractivity contribution is 5.96. The lowest BCUT2D eigenvalue weighted by Gasteiger charge is -2.20. The highest BCUT2D eigenvalue weighted by Crippen LogP contribution is 2.28. The second kappa shape index (κ2) is 6.62. The zero-order chi connectivity index (χ0) is 15.4. The van der Waals surface area contributed by atoms with Gasteiger partial charge in [0.1, 0.15) is 12.4 Å². The molecule has 1 unspecified atom stereocenters. The summed E-state index contributed by atoms with van der Waals surface area (Å²) in [5.41, 5.74) is 7.65. The zero-order valence-electron chi connectivity index (χ0n) is 12.4. The fourth-order valence-corrected chi connectivity index (χ4v) is 2.75. The number of carbonyl (C=O) groups excluding carboxylic acids is 1. The van der Waals surface area contributed by atoms with Crippen LogP contribution in [0.3, 0.4) is 0 Å². The van der Waals surface area contributed by atoms with Gasteiger partial charge in [-0.1, -0.05) is 36.4 Å². The quantitative estimate of drug-likeness (QED) is 0.922. The van der Waals surface area contributed by atoms with Crippen molar-refractivity contribution in [1.29, 1.82) is 0 Å². The highest BCUT2D eigenvalue weighted by atomic mass is 16.5. The van der Waals surface area contributed by atoms with Crippen LogP contribution in [0.15, 0.2) is 54.6 Å². The van der Waals surface area contributed by atoms with E-state index in [1.54, 1.807) is 0 Å². The minimum atomic E-state index is 0.141. The SMILES string of the molecule is NCC1CC(=O)N(c2ccccc2COc2ccccc2)C1. The first kappa shape index (κ1) is 14.6. The van der Waals surface area contributed by atoms with Crippen LogP contribution in [0.25, 0.3) is 0 Å². The Morgan fingerprint density at radius 2 is 1.82 bits per heavy atom. The van der Waals surface area contributed by atoms with Crippen molar-refractivity contribution in [2.45, 2.75) is 13.0 Å². The molecule has 3 rings (SSSR count). The minimum Gasteiger partial charge on any atom is -0.489 e. The number of nitrogens with zero attached hydrogens (tertiary/aromatic N) is 1. The third-order valence-electron chi connectivity index (χ3n) is 3.96. The molecule has 0 radical (unpaired) electrons. The first-order valence-electron chi connectivity index (χ1n) is 7.54. The van der Waals surface area contributed by atoms with Crippen molar-refractivity contribution in [3.63, 3.8) is 0 Å². The lowest BCUT2D eigenvalue weighted by molar-refractivity contribution is -0.117. The monoisotopic (exact) mass is 296 g/mol. The molecule has 2 aromatic carbocycles. The van der Waals surface area contributed by atoms with Gasteiger partial charge in [0.05, 0.1) is 5.69 Å². The number of benzene rings is 2. The van der Waals surface area contributed by atoms with E-state index in [9.17, 15) is 4.79 Å². The molecule has 4 heteroatoms. The van der Waals surface area contributed by atoms with Crippen molar-refractivity contribution in [2.24, 2.45) is 11.7 Å². The fourth-order valence-electron chi connectivity index (χ4n) is 2.75. The summed E-state index contributed by atoms with van der Waals surface area (Å²) >= 11 is 0. The molecule has 0 spiro atoms. The average Bonchev–Trinajstić information content (AvgIpc) is 2.95. The summed E-state index contributed by atoms with van der Waals surface area (Å²) in [4.78, 5) is 14.0. The molecule has 0 aromatic heterocycles. The van der Waals surface area contributed by atoms with Crippen molar-refractivity contribution in [3.05, 3.63) is 60.2 Å². The Balaban J connectivity index is 1.77. The molecule has 1 aliphatic heterocycles. The summed E-state index contributed by atoms with van der Waals surface area (Å²) in [6.45, 7) is 1.68. The summed E-state index contributed by atoms with van der Waals surface area (Å²) in [6.07, 6.45) is 0.532. The summed E-state index contributed by atoms with van der Waals surface area (Å²) in [5.74, 6) is 1.21. The van der Waals surface area contributed by atoms with Gasteiger partial charge in [0.25, 0.3) is 0 Å². The molecule has 1 saturated heterocycles. The Bertz CT molecular complexity index is 643. The van der Waals surface area contributed by atoms with Crippen LogP contribution in [0.4, 0.5) is 5.69 Å². The fraction of sp³-hybridized carbons (Fsp3) is 0.278. The third kappa shape index (κ3) is 3.12. The molecule has 0 aliphatic carbocycles. The molecule has 2 aromatic rings. The topological polar surface area (TPSA) is 55.6 Å². The third-order valence-corrected chi connectivity index (χ3v) is 3.96. The number of nitrogens with two attached hydrogens (primary N) is 1. The summed E-state index contributed by atoms with van der Waals surface area (Å²) in [7, 11) is 0. The van der Waals surface area contributed by atoms with E-state index in [2.05, 4.69) is 0 Å². The van der Waals surface area contributed by atoms with Crippen LogP contribution in [0.5, 0.6) is 5.75 Å². The van der Waals surface area contributed by atoms with E-state index in [1.807, 2.05) is 59.5 Å². The number of hydrogen-bond acceptors (Lipinski definition) is 3. The van der Waals surface area contributed by atoms with E-state index in [1.165, 1.54) is 0 Å². The lowest BCUT2D eigenvalue weighted by Crippen LogP contribution is -2.27. The molecule has 0 bridgehead atoms. The maximum atomic E-state index is 12.2. The van der Waals surface area contributed by atoms with Gasteiger partial charge in [-0.05, 0) is 30.7 Å². The zero-order valence-corrected chi connectivity index (χ0v) is 12.4. The summed E-state index contributed by atoms with van der Waals surface area (Å²) in [6, 6.07) is 17.6. The first-order valence-corrected chi connectivity index (χ1v) is 7.54. The maximum absolute atomic E-state index is 12.2. The normalized spacial score (nSPS) is 17.8. The van der Waals surface area contributed by atoms with Gasteiger partial charge in [-0.25, -0.2) is 0 Å². The van der Waals surface area contributed by atoms with Crippen LogP contribution in [0.2, 0.25) is 0 Å². The van der Waals surface area contributed by atoms with Crippen LogP contribution in [0.1, 0.15) is 12.0 Å². The van der Waals surface area contributed by atoms with Crippen LogP contribution in [-0.4, -0.2) is 19.0 Å². The maximum Gasteiger partial charge on any atom is 0.227 e. The van der Waals surface area contributed by atoms with Crippen molar-refractivity contribution in [3.8, 4) is 5.75 Å². The van der Waals surface area contributed by atoms with Crippen molar-refractivity contribution in [2.75, 3.05) is 18.0 Å². The van der Waals surface area contributed by atoms with E-state index in [0.29, 0.717) is 26.1 Å². The molecule has 1 atom stereocenters. The standard InChI is InChI=1S/C18H20N2O2/c19-11-14-10-18(21)20(12-14)17-9-5-4-6-15(17)13-22-16-7-2-1-3-8-16/h1-9,14H,10-13,19H2. The van der Waals surface area contributed by atoms with Crippen molar-refractivity contribution < 1.29 is 9.53 Å². The molecular weight excluding hydrogens is 276 g/mol. The molecule has 1 amide bonds. The molecule has 114 valence electrons. The van der Waals surface area contributed by atoms with Gasteiger partial charge in [0, 0.05) is 18.5 Å². The number of ether oxygens (including phenoxy) is 1.